The molecule has 172 valence electrons. The van der Waals surface area contributed by atoms with Crippen LogP contribution < -0.4 is 16.1 Å². The fourth-order valence-corrected chi connectivity index (χ4v) is 6.00. The van der Waals surface area contributed by atoms with Gasteiger partial charge in [-0.15, -0.1) is 11.3 Å². The first-order valence-electron chi connectivity index (χ1n) is 11.3. The van der Waals surface area contributed by atoms with E-state index in [0.717, 1.165) is 60.3 Å². The number of carbonyl (C=O) groups is 2. The van der Waals surface area contributed by atoms with E-state index >= 15 is 0 Å². The molecule has 1 fully saturated rings. The molecule has 33 heavy (non-hydrogen) atoms. The van der Waals surface area contributed by atoms with Crippen LogP contribution in [0.2, 0.25) is 0 Å². The van der Waals surface area contributed by atoms with E-state index in [-0.39, 0.29) is 23.2 Å². The predicted octanol–water partition coefficient (Wildman–Crippen LogP) is 4.12. The van der Waals surface area contributed by atoms with E-state index < -0.39 is 5.91 Å². The van der Waals surface area contributed by atoms with Crippen LogP contribution in [0.1, 0.15) is 61.7 Å². The minimum Gasteiger partial charge on any atom is -0.450 e. The van der Waals surface area contributed by atoms with Crippen molar-refractivity contribution in [2.45, 2.75) is 52.1 Å². The second kappa shape index (κ2) is 8.76. The maximum absolute atomic E-state index is 13.1. The summed E-state index contributed by atoms with van der Waals surface area (Å²) in [6.45, 7) is 4.94. The molecule has 3 heterocycles. The van der Waals surface area contributed by atoms with Gasteiger partial charge in [-0.25, -0.2) is 0 Å². The van der Waals surface area contributed by atoms with Crippen molar-refractivity contribution in [2.24, 2.45) is 0 Å². The minimum absolute atomic E-state index is 0.0393. The SMILES string of the molecule is Cc1cc(C)c2oc(C(=O)Nc3sc4c(c3C(=O)NCC3CCCO3)CCC4)cc(=O)c2c1. The molecule has 2 aromatic heterocycles. The van der Waals surface area contributed by atoms with Gasteiger partial charge < -0.3 is 19.8 Å². The number of benzene rings is 1. The molecule has 1 unspecified atom stereocenters. The van der Waals surface area contributed by atoms with Crippen LogP contribution in [-0.2, 0) is 17.6 Å². The van der Waals surface area contributed by atoms with E-state index in [1.54, 1.807) is 6.07 Å². The van der Waals surface area contributed by atoms with Crippen LogP contribution >= 0.6 is 11.3 Å². The molecule has 1 atom stereocenters. The fraction of sp³-hybridized carbons (Fsp3) is 0.400. The molecule has 0 radical (unpaired) electrons. The molecule has 2 N–H and O–H groups in total. The molecule has 1 aromatic carbocycles. The molecule has 5 rings (SSSR count). The highest BCUT2D eigenvalue weighted by Crippen LogP contribution is 2.39. The Bertz CT molecular complexity index is 1320. The van der Waals surface area contributed by atoms with Gasteiger partial charge in [-0.05, 0) is 68.7 Å². The first-order chi connectivity index (χ1) is 15.9. The highest BCUT2D eigenvalue weighted by atomic mass is 32.1. The number of fused-ring (bicyclic) bond motifs is 2. The summed E-state index contributed by atoms with van der Waals surface area (Å²) >= 11 is 1.43. The van der Waals surface area contributed by atoms with Crippen LogP contribution in [-0.4, -0.2) is 31.1 Å². The maximum atomic E-state index is 13.1. The Hall–Kier alpha value is -2.97. The average Bonchev–Trinajstić information content (AvgIpc) is 3.50. The lowest BCUT2D eigenvalue weighted by molar-refractivity contribution is 0.0858. The zero-order valence-electron chi connectivity index (χ0n) is 18.7. The van der Waals surface area contributed by atoms with Crippen LogP contribution in [0.15, 0.2) is 27.4 Å². The Morgan fingerprint density at radius 1 is 1.12 bits per heavy atom. The van der Waals surface area contributed by atoms with Crippen molar-refractivity contribution in [3.8, 4) is 0 Å². The topological polar surface area (TPSA) is 97.6 Å². The number of amides is 2. The molecular formula is C25H26N2O5S. The molecule has 2 aliphatic rings. The van der Waals surface area contributed by atoms with E-state index in [9.17, 15) is 14.4 Å². The molecular weight excluding hydrogens is 440 g/mol. The molecule has 0 spiro atoms. The Labute approximate surface area is 195 Å². The van der Waals surface area contributed by atoms with Gasteiger partial charge in [0, 0.05) is 24.1 Å². The molecule has 0 saturated carbocycles. The summed E-state index contributed by atoms with van der Waals surface area (Å²) in [5, 5.41) is 6.77. The molecule has 0 bridgehead atoms. The third-order valence-electron chi connectivity index (χ3n) is 6.27. The van der Waals surface area contributed by atoms with Crippen molar-refractivity contribution in [1.82, 2.24) is 5.32 Å². The molecule has 1 aliphatic heterocycles. The van der Waals surface area contributed by atoms with Gasteiger partial charge in [-0.1, -0.05) is 6.07 Å². The van der Waals surface area contributed by atoms with Gasteiger partial charge in [0.15, 0.2) is 11.2 Å². The van der Waals surface area contributed by atoms with Gasteiger partial charge in [-0.3, -0.25) is 14.4 Å². The molecule has 3 aromatic rings. The number of hydrogen-bond acceptors (Lipinski definition) is 6. The van der Waals surface area contributed by atoms with Gasteiger partial charge in [0.05, 0.1) is 17.1 Å². The number of ether oxygens (including phenoxy) is 1. The second-order valence-corrected chi connectivity index (χ2v) is 9.90. The number of aryl methyl sites for hydroxylation is 3. The summed E-state index contributed by atoms with van der Waals surface area (Å²) in [4.78, 5) is 39.9. The lowest BCUT2D eigenvalue weighted by Gasteiger charge is -2.13. The van der Waals surface area contributed by atoms with Gasteiger partial charge in [0.25, 0.3) is 11.8 Å². The largest absolute Gasteiger partial charge is 0.450 e. The summed E-state index contributed by atoms with van der Waals surface area (Å²) in [5.74, 6) is -0.813. The van der Waals surface area contributed by atoms with Gasteiger partial charge in [0.2, 0.25) is 0 Å². The Morgan fingerprint density at radius 3 is 2.76 bits per heavy atom. The van der Waals surface area contributed by atoms with Gasteiger partial charge in [0.1, 0.15) is 10.6 Å². The summed E-state index contributed by atoms with van der Waals surface area (Å²) in [7, 11) is 0. The van der Waals surface area contributed by atoms with E-state index in [1.165, 1.54) is 17.4 Å². The molecule has 8 heteroatoms. The maximum Gasteiger partial charge on any atom is 0.292 e. The van der Waals surface area contributed by atoms with E-state index in [4.69, 9.17) is 9.15 Å². The summed E-state index contributed by atoms with van der Waals surface area (Å²) < 4.78 is 11.4. The smallest absolute Gasteiger partial charge is 0.292 e. The van der Waals surface area contributed by atoms with Crippen molar-refractivity contribution in [3.63, 3.8) is 0 Å². The van der Waals surface area contributed by atoms with Crippen molar-refractivity contribution in [1.29, 1.82) is 0 Å². The van der Waals surface area contributed by atoms with E-state index in [1.807, 2.05) is 19.9 Å². The first-order valence-corrected chi connectivity index (χ1v) is 12.1. The number of hydrogen-bond donors (Lipinski definition) is 2. The lowest BCUT2D eigenvalue weighted by Crippen LogP contribution is -2.32. The normalized spacial score (nSPS) is 17.3. The van der Waals surface area contributed by atoms with E-state index in [2.05, 4.69) is 10.6 Å². The number of thiophene rings is 1. The fourth-order valence-electron chi connectivity index (χ4n) is 4.72. The Balaban J connectivity index is 1.43. The number of anilines is 1. The summed E-state index contributed by atoms with van der Waals surface area (Å²) in [6, 6.07) is 4.89. The monoisotopic (exact) mass is 466 g/mol. The molecule has 7 nitrogen and oxygen atoms in total. The van der Waals surface area contributed by atoms with Gasteiger partial charge >= 0.3 is 0 Å². The van der Waals surface area contributed by atoms with Crippen molar-refractivity contribution < 1.29 is 18.7 Å². The quantitative estimate of drug-likeness (QED) is 0.590. The summed E-state index contributed by atoms with van der Waals surface area (Å²) in [6.07, 6.45) is 4.69. The first kappa shape index (κ1) is 21.9. The zero-order valence-corrected chi connectivity index (χ0v) is 19.5. The van der Waals surface area contributed by atoms with Crippen LogP contribution in [0.4, 0.5) is 5.00 Å². The second-order valence-electron chi connectivity index (χ2n) is 8.79. The minimum atomic E-state index is -0.540. The standard InChI is InChI=1S/C25H26N2O5S/c1-13-9-14(2)22-17(10-13)18(28)11-19(32-22)23(29)27-25-21(16-6-3-7-20(16)33-25)24(30)26-12-15-5-4-8-31-15/h9-11,15H,3-8,12H2,1-2H3,(H,26,30)(H,27,29). The van der Waals surface area contributed by atoms with Crippen molar-refractivity contribution in [3.05, 3.63) is 61.3 Å². The van der Waals surface area contributed by atoms with Gasteiger partial charge in [-0.2, -0.15) is 0 Å². The highest BCUT2D eigenvalue weighted by molar-refractivity contribution is 7.17. The van der Waals surface area contributed by atoms with Crippen LogP contribution in [0.5, 0.6) is 0 Å². The van der Waals surface area contributed by atoms with Crippen LogP contribution in [0.25, 0.3) is 11.0 Å². The summed E-state index contributed by atoms with van der Waals surface area (Å²) in [5.41, 5.74) is 3.41. The van der Waals surface area contributed by atoms with Crippen LogP contribution in [0.3, 0.4) is 0 Å². The number of rotatable bonds is 5. The predicted molar refractivity (Wildman–Crippen MR) is 128 cm³/mol. The number of carbonyl (C=O) groups excluding carboxylic acids is 2. The molecule has 1 saturated heterocycles. The van der Waals surface area contributed by atoms with E-state index in [0.29, 0.717) is 28.1 Å². The third-order valence-corrected chi connectivity index (χ3v) is 7.48. The Morgan fingerprint density at radius 2 is 1.97 bits per heavy atom. The van der Waals surface area contributed by atoms with Crippen molar-refractivity contribution in [2.75, 3.05) is 18.5 Å². The highest BCUT2D eigenvalue weighted by Gasteiger charge is 2.29. The Kier molecular flexibility index (Phi) is 5.80. The molecule has 1 aliphatic carbocycles. The third kappa shape index (κ3) is 4.20. The van der Waals surface area contributed by atoms with Crippen LogP contribution in [0, 0.1) is 13.8 Å². The van der Waals surface area contributed by atoms with Crippen molar-refractivity contribution >= 4 is 39.1 Å². The number of nitrogens with one attached hydrogen (secondary N) is 2. The lowest BCUT2D eigenvalue weighted by atomic mass is 10.1. The average molecular weight is 467 g/mol. The zero-order chi connectivity index (χ0) is 23.1. The molecule has 2 amide bonds.